The fourth-order valence-electron chi connectivity index (χ4n) is 2.59. The van der Waals surface area contributed by atoms with Crippen LogP contribution < -0.4 is 10.2 Å². The molecule has 0 spiro atoms. The summed E-state index contributed by atoms with van der Waals surface area (Å²) >= 11 is 0. The highest BCUT2D eigenvalue weighted by molar-refractivity contribution is 5.89. The quantitative estimate of drug-likeness (QED) is 0.847. The van der Waals surface area contributed by atoms with Gasteiger partial charge in [0.05, 0.1) is 12.7 Å². The largest absolute Gasteiger partial charge is 0.465 e. The summed E-state index contributed by atoms with van der Waals surface area (Å²) in [6.45, 7) is 4.30. The van der Waals surface area contributed by atoms with Gasteiger partial charge >= 0.3 is 5.97 Å². The lowest BCUT2D eigenvalue weighted by molar-refractivity contribution is 0.0601. The van der Waals surface area contributed by atoms with E-state index in [0.29, 0.717) is 5.56 Å². The average molecular weight is 262 g/mol. The lowest BCUT2D eigenvalue weighted by Gasteiger charge is -2.41. The number of benzene rings is 1. The molecule has 1 aromatic rings. The highest BCUT2D eigenvalue weighted by Crippen LogP contribution is 2.25. The molecule has 2 rings (SSSR count). The van der Waals surface area contributed by atoms with Crippen LogP contribution in [0.15, 0.2) is 24.3 Å². The molecule has 19 heavy (non-hydrogen) atoms. The summed E-state index contributed by atoms with van der Waals surface area (Å²) in [5.74, 6) is -0.287. The number of rotatable bonds is 3. The summed E-state index contributed by atoms with van der Waals surface area (Å²) in [5.41, 5.74) is 1.92. The molecule has 1 aliphatic heterocycles. The van der Waals surface area contributed by atoms with Crippen LogP contribution in [0.5, 0.6) is 0 Å². The Morgan fingerprint density at radius 1 is 1.37 bits per heavy atom. The molecule has 1 fully saturated rings. The van der Waals surface area contributed by atoms with E-state index in [1.54, 1.807) is 0 Å². The third-order valence-corrected chi connectivity index (χ3v) is 3.95. The summed E-state index contributed by atoms with van der Waals surface area (Å²) < 4.78 is 4.71. The second-order valence-electron chi connectivity index (χ2n) is 5.37. The zero-order valence-corrected chi connectivity index (χ0v) is 11.9. The van der Waals surface area contributed by atoms with E-state index < -0.39 is 0 Å². The summed E-state index contributed by atoms with van der Waals surface area (Å²) in [7, 11) is 3.42. The second kappa shape index (κ2) is 5.61. The number of anilines is 1. The average Bonchev–Trinajstić information content (AvgIpc) is 2.46. The van der Waals surface area contributed by atoms with Gasteiger partial charge in [-0.05, 0) is 51.1 Å². The molecule has 0 aromatic heterocycles. The van der Waals surface area contributed by atoms with E-state index in [0.717, 1.165) is 18.8 Å². The lowest BCUT2D eigenvalue weighted by Crippen LogP contribution is -2.53. The van der Waals surface area contributed by atoms with E-state index in [9.17, 15) is 4.79 Å². The SMILES string of the molecule is CNC1(C)CCCN(c2ccc(C(=O)OC)cc2)C1. The number of methoxy groups -OCH3 is 1. The Kier molecular flexibility index (Phi) is 4.10. The normalized spacial score (nSPS) is 23.2. The molecule has 1 heterocycles. The number of nitrogens with zero attached hydrogens (tertiary/aromatic N) is 1. The van der Waals surface area contributed by atoms with E-state index in [2.05, 4.69) is 17.1 Å². The van der Waals surface area contributed by atoms with Gasteiger partial charge in [0.2, 0.25) is 0 Å². The number of likely N-dealkylation sites (N-methyl/N-ethyl adjacent to an activating group) is 1. The van der Waals surface area contributed by atoms with Crippen LogP contribution in [0, 0.1) is 0 Å². The van der Waals surface area contributed by atoms with Crippen molar-refractivity contribution in [3.05, 3.63) is 29.8 Å². The second-order valence-corrected chi connectivity index (χ2v) is 5.37. The number of hydrogen-bond acceptors (Lipinski definition) is 4. The third-order valence-electron chi connectivity index (χ3n) is 3.95. The van der Waals surface area contributed by atoms with E-state index >= 15 is 0 Å². The number of ether oxygens (including phenoxy) is 1. The molecule has 4 nitrogen and oxygen atoms in total. The van der Waals surface area contributed by atoms with Crippen molar-refractivity contribution in [3.63, 3.8) is 0 Å². The highest BCUT2D eigenvalue weighted by Gasteiger charge is 2.29. The van der Waals surface area contributed by atoms with Crippen molar-refractivity contribution in [2.75, 3.05) is 32.1 Å². The zero-order valence-electron chi connectivity index (χ0n) is 11.9. The minimum Gasteiger partial charge on any atom is -0.465 e. The summed E-state index contributed by atoms with van der Waals surface area (Å²) in [6.07, 6.45) is 2.37. The van der Waals surface area contributed by atoms with Gasteiger partial charge in [-0.25, -0.2) is 4.79 Å². The maximum atomic E-state index is 11.4. The molecule has 0 amide bonds. The number of carbonyl (C=O) groups is 1. The molecule has 0 saturated carbocycles. The molecule has 1 aliphatic rings. The van der Waals surface area contributed by atoms with Crippen LogP contribution in [0.1, 0.15) is 30.1 Å². The Balaban J connectivity index is 2.12. The molecular formula is C15H22N2O2. The number of carbonyl (C=O) groups excluding carboxylic acids is 1. The van der Waals surface area contributed by atoms with Gasteiger partial charge in [0.1, 0.15) is 0 Å². The van der Waals surface area contributed by atoms with Crippen molar-refractivity contribution in [3.8, 4) is 0 Å². The predicted molar refractivity (Wildman–Crippen MR) is 76.7 cm³/mol. The molecule has 1 unspecified atom stereocenters. The molecule has 0 radical (unpaired) electrons. The van der Waals surface area contributed by atoms with Crippen LogP contribution in [-0.2, 0) is 4.74 Å². The predicted octanol–water partition coefficient (Wildman–Crippen LogP) is 2.05. The molecule has 0 aliphatic carbocycles. The maximum absolute atomic E-state index is 11.4. The standard InChI is InChI=1S/C15H22N2O2/c1-15(16-2)9-4-10-17(11-15)13-7-5-12(6-8-13)14(18)19-3/h5-8,16H,4,9-11H2,1-3H3. The van der Waals surface area contributed by atoms with E-state index in [-0.39, 0.29) is 11.5 Å². The first-order valence-electron chi connectivity index (χ1n) is 6.70. The fraction of sp³-hybridized carbons (Fsp3) is 0.533. The Morgan fingerprint density at radius 3 is 2.63 bits per heavy atom. The molecule has 1 N–H and O–H groups in total. The Bertz CT molecular complexity index is 444. The van der Waals surface area contributed by atoms with E-state index in [1.807, 2.05) is 31.3 Å². The van der Waals surface area contributed by atoms with Crippen molar-refractivity contribution in [1.29, 1.82) is 0 Å². The molecular weight excluding hydrogens is 240 g/mol. The van der Waals surface area contributed by atoms with Gasteiger partial charge in [-0.1, -0.05) is 0 Å². The smallest absolute Gasteiger partial charge is 0.337 e. The Hall–Kier alpha value is -1.55. The number of piperidine rings is 1. The van der Waals surface area contributed by atoms with E-state index in [4.69, 9.17) is 4.74 Å². The van der Waals surface area contributed by atoms with Crippen LogP contribution >= 0.6 is 0 Å². The van der Waals surface area contributed by atoms with Crippen LogP contribution in [0.4, 0.5) is 5.69 Å². The van der Waals surface area contributed by atoms with Gasteiger partial charge in [0.15, 0.2) is 0 Å². The van der Waals surface area contributed by atoms with Gasteiger partial charge in [0.25, 0.3) is 0 Å². The van der Waals surface area contributed by atoms with Crippen LogP contribution in [-0.4, -0.2) is 38.8 Å². The zero-order chi connectivity index (χ0) is 13.9. The van der Waals surface area contributed by atoms with Crippen molar-refractivity contribution in [2.45, 2.75) is 25.3 Å². The summed E-state index contributed by atoms with van der Waals surface area (Å²) in [6, 6.07) is 7.64. The van der Waals surface area contributed by atoms with Crippen molar-refractivity contribution in [1.82, 2.24) is 5.32 Å². The van der Waals surface area contributed by atoms with Gasteiger partial charge in [0, 0.05) is 24.3 Å². The Morgan fingerprint density at radius 2 is 2.05 bits per heavy atom. The number of nitrogens with one attached hydrogen (secondary N) is 1. The summed E-state index contributed by atoms with van der Waals surface area (Å²) in [5, 5.41) is 3.40. The van der Waals surface area contributed by atoms with Crippen LogP contribution in [0.3, 0.4) is 0 Å². The van der Waals surface area contributed by atoms with Crippen molar-refractivity contribution in [2.24, 2.45) is 0 Å². The number of hydrogen-bond donors (Lipinski definition) is 1. The molecule has 0 bridgehead atoms. The first-order valence-corrected chi connectivity index (χ1v) is 6.70. The van der Waals surface area contributed by atoms with Gasteiger partial charge in [-0.3, -0.25) is 0 Å². The Labute approximate surface area is 114 Å². The van der Waals surface area contributed by atoms with Crippen molar-refractivity contribution >= 4 is 11.7 Å². The lowest BCUT2D eigenvalue weighted by atomic mass is 9.91. The molecule has 104 valence electrons. The minimum atomic E-state index is -0.287. The van der Waals surface area contributed by atoms with Gasteiger partial charge in [-0.2, -0.15) is 0 Å². The van der Waals surface area contributed by atoms with E-state index in [1.165, 1.54) is 20.0 Å². The minimum absolute atomic E-state index is 0.166. The highest BCUT2D eigenvalue weighted by atomic mass is 16.5. The third kappa shape index (κ3) is 3.07. The molecule has 1 saturated heterocycles. The van der Waals surface area contributed by atoms with Crippen LogP contribution in [0.2, 0.25) is 0 Å². The topological polar surface area (TPSA) is 41.6 Å². The first-order chi connectivity index (χ1) is 9.08. The number of esters is 1. The summed E-state index contributed by atoms with van der Waals surface area (Å²) in [4.78, 5) is 13.8. The monoisotopic (exact) mass is 262 g/mol. The fourth-order valence-corrected chi connectivity index (χ4v) is 2.59. The van der Waals surface area contributed by atoms with Crippen LogP contribution in [0.25, 0.3) is 0 Å². The first kappa shape index (κ1) is 13.9. The molecule has 4 heteroatoms. The van der Waals surface area contributed by atoms with Gasteiger partial charge < -0.3 is 15.0 Å². The molecule has 1 atom stereocenters. The van der Waals surface area contributed by atoms with Crippen molar-refractivity contribution < 1.29 is 9.53 Å². The maximum Gasteiger partial charge on any atom is 0.337 e. The molecule has 1 aromatic carbocycles. The van der Waals surface area contributed by atoms with Gasteiger partial charge in [-0.15, -0.1) is 0 Å².